The molecule has 0 bridgehead atoms. The summed E-state index contributed by atoms with van der Waals surface area (Å²) < 4.78 is 1.06. The first-order chi connectivity index (χ1) is 7.75. The molecule has 0 unspecified atom stereocenters. The highest BCUT2D eigenvalue weighted by molar-refractivity contribution is 9.11. The Bertz CT molecular complexity index is 228. The van der Waals surface area contributed by atoms with Crippen molar-refractivity contribution in [2.45, 2.75) is 50.6 Å². The molecule has 16 heavy (non-hydrogen) atoms. The summed E-state index contributed by atoms with van der Waals surface area (Å²) >= 11 is 3.40. The second-order valence-corrected chi connectivity index (χ2v) is 6.27. The topological polar surface area (TPSA) is 15.3 Å². The summed E-state index contributed by atoms with van der Waals surface area (Å²) in [6.45, 7) is 7.35. The second kappa shape index (κ2) is 6.18. The lowest BCUT2D eigenvalue weighted by atomic mass is 10.0. The smallest absolute Gasteiger partial charge is 0.0268 e. The largest absolute Gasteiger partial charge is 0.309 e. The van der Waals surface area contributed by atoms with Crippen molar-refractivity contribution in [1.29, 1.82) is 0 Å². The molecule has 1 saturated carbocycles. The van der Waals surface area contributed by atoms with Crippen molar-refractivity contribution in [2.24, 2.45) is 0 Å². The van der Waals surface area contributed by atoms with Gasteiger partial charge < -0.3 is 10.2 Å². The van der Waals surface area contributed by atoms with Crippen LogP contribution in [0.1, 0.15) is 38.5 Å². The van der Waals surface area contributed by atoms with Crippen molar-refractivity contribution in [3.8, 4) is 0 Å². The van der Waals surface area contributed by atoms with Crippen LogP contribution in [0.3, 0.4) is 0 Å². The molecule has 92 valence electrons. The molecule has 2 rings (SSSR count). The van der Waals surface area contributed by atoms with E-state index in [1.807, 2.05) is 0 Å². The Hall–Kier alpha value is 0.140. The molecule has 2 fully saturated rings. The molecule has 0 radical (unpaired) electrons. The van der Waals surface area contributed by atoms with Crippen LogP contribution in [0.4, 0.5) is 0 Å². The molecular weight excluding hydrogens is 264 g/mol. The van der Waals surface area contributed by atoms with Gasteiger partial charge in [0.2, 0.25) is 0 Å². The van der Waals surface area contributed by atoms with E-state index in [0.29, 0.717) is 6.04 Å². The lowest BCUT2D eigenvalue weighted by Gasteiger charge is -2.36. The Kier molecular flexibility index (Phi) is 4.86. The van der Waals surface area contributed by atoms with Gasteiger partial charge in [0.15, 0.2) is 0 Å². The predicted octanol–water partition coefficient (Wildman–Crippen LogP) is 2.89. The fourth-order valence-electron chi connectivity index (χ4n) is 2.99. The van der Waals surface area contributed by atoms with Crippen molar-refractivity contribution in [3.63, 3.8) is 0 Å². The number of hydrogen-bond donors (Lipinski definition) is 1. The maximum atomic E-state index is 3.86. The molecule has 1 aliphatic carbocycles. The number of nitrogens with one attached hydrogen (secondary N) is 1. The van der Waals surface area contributed by atoms with E-state index in [-0.39, 0.29) is 0 Å². The quantitative estimate of drug-likeness (QED) is 0.855. The zero-order chi connectivity index (χ0) is 11.4. The summed E-state index contributed by atoms with van der Waals surface area (Å²) in [5.74, 6) is 0. The van der Waals surface area contributed by atoms with Gasteiger partial charge in [-0.2, -0.15) is 0 Å². The molecule has 2 aliphatic rings. The summed E-state index contributed by atoms with van der Waals surface area (Å²) in [6.07, 6.45) is 8.39. The predicted molar refractivity (Wildman–Crippen MR) is 72.9 cm³/mol. The Morgan fingerprint density at radius 3 is 2.38 bits per heavy atom. The van der Waals surface area contributed by atoms with E-state index in [1.165, 1.54) is 51.6 Å². The molecule has 0 aromatic carbocycles. The van der Waals surface area contributed by atoms with Crippen molar-refractivity contribution < 1.29 is 0 Å². The molecule has 1 N–H and O–H groups in total. The first-order valence-electron chi connectivity index (χ1n) is 6.56. The summed E-state index contributed by atoms with van der Waals surface area (Å²) in [6, 6.07) is 1.61. The van der Waals surface area contributed by atoms with Gasteiger partial charge in [0.25, 0.3) is 0 Å². The van der Waals surface area contributed by atoms with Gasteiger partial charge in [-0.25, -0.2) is 0 Å². The van der Waals surface area contributed by atoms with Crippen LogP contribution >= 0.6 is 15.9 Å². The molecule has 0 aromatic rings. The number of hydrogen-bond acceptors (Lipinski definition) is 2. The van der Waals surface area contributed by atoms with E-state index in [9.17, 15) is 0 Å². The minimum Gasteiger partial charge on any atom is -0.309 e. The van der Waals surface area contributed by atoms with Gasteiger partial charge in [-0.15, -0.1) is 0 Å². The Labute approximate surface area is 108 Å². The summed E-state index contributed by atoms with van der Waals surface area (Å²) in [7, 11) is 0. The van der Waals surface area contributed by atoms with Crippen molar-refractivity contribution in [1.82, 2.24) is 10.2 Å². The number of nitrogens with zero attached hydrogens (tertiary/aromatic N) is 1. The van der Waals surface area contributed by atoms with E-state index in [2.05, 4.69) is 32.7 Å². The van der Waals surface area contributed by atoms with Crippen LogP contribution in [-0.4, -0.2) is 36.6 Å². The average Bonchev–Trinajstić information content (AvgIpc) is 2.80. The van der Waals surface area contributed by atoms with Crippen LogP contribution in [0.5, 0.6) is 0 Å². The summed E-state index contributed by atoms with van der Waals surface area (Å²) in [5, 5.41) is 3.56. The average molecular weight is 287 g/mol. The monoisotopic (exact) mass is 286 g/mol. The van der Waals surface area contributed by atoms with Crippen molar-refractivity contribution in [3.05, 3.63) is 11.1 Å². The minimum atomic E-state index is 0.701. The summed E-state index contributed by atoms with van der Waals surface area (Å²) in [5.41, 5.74) is 0. The van der Waals surface area contributed by atoms with Crippen molar-refractivity contribution >= 4 is 15.9 Å². The standard InChI is InChI=1S/C13H23BrN2/c1-11(14)10-15-12-6-8-16(9-7-12)13-4-2-3-5-13/h12-13,15H,1-10H2. The third-order valence-corrected chi connectivity index (χ3v) is 4.23. The number of piperidine rings is 1. The molecule has 0 aromatic heterocycles. The normalized spacial score (nSPS) is 25.1. The van der Waals surface area contributed by atoms with Crippen LogP contribution in [0, 0.1) is 0 Å². The Balaban J connectivity index is 1.67. The number of halogens is 1. The molecule has 3 heteroatoms. The number of rotatable bonds is 4. The van der Waals surface area contributed by atoms with E-state index in [4.69, 9.17) is 0 Å². The number of likely N-dealkylation sites (tertiary alicyclic amines) is 1. The van der Waals surface area contributed by atoms with Gasteiger partial charge in [-0.3, -0.25) is 0 Å². The van der Waals surface area contributed by atoms with E-state index in [0.717, 1.165) is 17.1 Å². The molecule has 0 spiro atoms. The van der Waals surface area contributed by atoms with Crippen LogP contribution in [0.15, 0.2) is 11.1 Å². The van der Waals surface area contributed by atoms with Gasteiger partial charge in [0.1, 0.15) is 0 Å². The van der Waals surface area contributed by atoms with Gasteiger partial charge >= 0.3 is 0 Å². The minimum absolute atomic E-state index is 0.701. The van der Waals surface area contributed by atoms with E-state index >= 15 is 0 Å². The van der Waals surface area contributed by atoms with Gasteiger partial charge in [-0.1, -0.05) is 35.4 Å². The lowest BCUT2D eigenvalue weighted by molar-refractivity contribution is 0.146. The molecular formula is C13H23BrN2. The van der Waals surface area contributed by atoms with Crippen LogP contribution in [0.2, 0.25) is 0 Å². The van der Waals surface area contributed by atoms with Crippen LogP contribution < -0.4 is 5.32 Å². The molecule has 1 heterocycles. The first kappa shape index (κ1) is 12.6. The molecule has 1 saturated heterocycles. The van der Waals surface area contributed by atoms with E-state index in [1.54, 1.807) is 0 Å². The zero-order valence-corrected chi connectivity index (χ0v) is 11.6. The lowest BCUT2D eigenvalue weighted by Crippen LogP contribution is -2.46. The third-order valence-electron chi connectivity index (χ3n) is 3.95. The van der Waals surface area contributed by atoms with E-state index < -0.39 is 0 Å². The maximum absolute atomic E-state index is 3.86. The summed E-state index contributed by atoms with van der Waals surface area (Å²) in [4.78, 5) is 2.72. The molecule has 0 amide bonds. The Morgan fingerprint density at radius 2 is 1.81 bits per heavy atom. The van der Waals surface area contributed by atoms with Crippen LogP contribution in [-0.2, 0) is 0 Å². The fourth-order valence-corrected chi connectivity index (χ4v) is 3.16. The molecule has 1 aliphatic heterocycles. The third kappa shape index (κ3) is 3.57. The molecule has 0 atom stereocenters. The van der Waals surface area contributed by atoms with Gasteiger partial charge in [-0.05, 0) is 38.8 Å². The Morgan fingerprint density at radius 1 is 1.19 bits per heavy atom. The highest BCUT2D eigenvalue weighted by Crippen LogP contribution is 2.26. The maximum Gasteiger partial charge on any atom is 0.0268 e. The zero-order valence-electron chi connectivity index (χ0n) is 10.1. The van der Waals surface area contributed by atoms with Crippen LogP contribution in [0.25, 0.3) is 0 Å². The first-order valence-corrected chi connectivity index (χ1v) is 7.35. The highest BCUT2D eigenvalue weighted by atomic mass is 79.9. The van der Waals surface area contributed by atoms with Crippen molar-refractivity contribution in [2.75, 3.05) is 19.6 Å². The highest BCUT2D eigenvalue weighted by Gasteiger charge is 2.26. The van der Waals surface area contributed by atoms with Gasteiger partial charge in [0, 0.05) is 23.1 Å². The SMILES string of the molecule is C=C(Br)CNC1CCN(C2CCCC2)CC1. The molecule has 2 nitrogen and oxygen atoms in total. The fraction of sp³-hybridized carbons (Fsp3) is 0.846. The second-order valence-electron chi connectivity index (χ2n) is 5.15. The van der Waals surface area contributed by atoms with Gasteiger partial charge in [0.05, 0.1) is 0 Å².